The van der Waals surface area contributed by atoms with Crippen molar-refractivity contribution in [1.82, 2.24) is 4.57 Å². The van der Waals surface area contributed by atoms with Gasteiger partial charge in [0.2, 0.25) is 10.0 Å². The lowest BCUT2D eigenvalue weighted by molar-refractivity contribution is -0.104. The van der Waals surface area contributed by atoms with Gasteiger partial charge < -0.3 is 14.0 Å². The highest BCUT2D eigenvalue weighted by molar-refractivity contribution is 7.89. The molecule has 2 N–H and O–H groups in total. The van der Waals surface area contributed by atoms with E-state index in [-0.39, 0.29) is 22.7 Å². The third kappa shape index (κ3) is 2.46. The average molecular weight is 300 g/mol. The zero-order valence-corrected chi connectivity index (χ0v) is 11.6. The molecule has 20 heavy (non-hydrogen) atoms. The summed E-state index contributed by atoms with van der Waals surface area (Å²) in [7, 11) is -3.83. The number of esters is 1. The number of hydrogen-bond acceptors (Lipinski definition) is 5. The first-order valence-electron chi connectivity index (χ1n) is 6.48. The predicted molar refractivity (Wildman–Crippen MR) is 68.7 cm³/mol. The van der Waals surface area contributed by atoms with E-state index in [4.69, 9.17) is 14.6 Å². The summed E-state index contributed by atoms with van der Waals surface area (Å²) in [6.45, 7) is 0.774. The van der Waals surface area contributed by atoms with Gasteiger partial charge in [0.1, 0.15) is 16.7 Å². The Hall–Kier alpha value is -1.38. The second-order valence-electron chi connectivity index (χ2n) is 5.16. The Morgan fingerprint density at radius 3 is 2.55 bits per heavy atom. The molecule has 1 aliphatic heterocycles. The molecule has 1 saturated heterocycles. The molecule has 2 heterocycles. The topological polar surface area (TPSA) is 101 Å². The number of primary sulfonamides is 1. The Bertz CT molecular complexity index is 628. The SMILES string of the molecule is NS(=O)(=O)c1cc(C(=O)OC2COC2)n(C2CCC2)c1. The summed E-state index contributed by atoms with van der Waals surface area (Å²) in [5.41, 5.74) is 0.241. The van der Waals surface area contributed by atoms with Crippen LogP contribution >= 0.6 is 0 Å². The molecule has 0 spiro atoms. The Morgan fingerprint density at radius 2 is 2.10 bits per heavy atom. The Labute approximate surface area is 116 Å². The summed E-state index contributed by atoms with van der Waals surface area (Å²) < 4.78 is 34.7. The number of aromatic nitrogens is 1. The molecule has 3 rings (SSSR count). The predicted octanol–water partition coefficient (Wildman–Crippen LogP) is 0.416. The summed E-state index contributed by atoms with van der Waals surface area (Å²) in [6.07, 6.45) is 4.09. The van der Waals surface area contributed by atoms with Gasteiger partial charge >= 0.3 is 5.97 Å². The maximum absolute atomic E-state index is 12.1. The number of ether oxygens (including phenoxy) is 2. The molecule has 1 aliphatic carbocycles. The van der Waals surface area contributed by atoms with Crippen LogP contribution in [0.4, 0.5) is 0 Å². The first-order valence-corrected chi connectivity index (χ1v) is 8.03. The van der Waals surface area contributed by atoms with Gasteiger partial charge in [-0.1, -0.05) is 0 Å². The number of carbonyl (C=O) groups is 1. The monoisotopic (exact) mass is 300 g/mol. The molecule has 1 aromatic rings. The molecule has 8 heteroatoms. The number of nitrogens with two attached hydrogens (primary N) is 1. The van der Waals surface area contributed by atoms with E-state index < -0.39 is 16.0 Å². The summed E-state index contributed by atoms with van der Waals surface area (Å²) in [4.78, 5) is 12.1. The lowest BCUT2D eigenvalue weighted by Crippen LogP contribution is -2.38. The van der Waals surface area contributed by atoms with Gasteiger partial charge in [0.15, 0.2) is 0 Å². The summed E-state index contributed by atoms with van der Waals surface area (Å²) in [5, 5.41) is 5.12. The van der Waals surface area contributed by atoms with Gasteiger partial charge in [0.25, 0.3) is 0 Å². The number of carbonyl (C=O) groups excluding carboxylic acids is 1. The Kier molecular flexibility index (Phi) is 3.31. The van der Waals surface area contributed by atoms with Crippen molar-refractivity contribution in [3.05, 3.63) is 18.0 Å². The number of hydrogen-bond donors (Lipinski definition) is 1. The molecular weight excluding hydrogens is 284 g/mol. The fourth-order valence-corrected chi connectivity index (χ4v) is 2.77. The van der Waals surface area contributed by atoms with Crippen LogP contribution < -0.4 is 5.14 Å². The van der Waals surface area contributed by atoms with Crippen molar-refractivity contribution in [2.45, 2.75) is 36.3 Å². The molecule has 2 fully saturated rings. The van der Waals surface area contributed by atoms with E-state index in [9.17, 15) is 13.2 Å². The van der Waals surface area contributed by atoms with Gasteiger partial charge in [-0.15, -0.1) is 0 Å². The first kappa shape index (κ1) is 13.6. The van der Waals surface area contributed by atoms with Crippen LogP contribution in [0.15, 0.2) is 17.2 Å². The van der Waals surface area contributed by atoms with Crippen molar-refractivity contribution in [2.24, 2.45) is 5.14 Å². The summed E-state index contributed by atoms with van der Waals surface area (Å²) >= 11 is 0. The number of rotatable bonds is 4. The van der Waals surface area contributed by atoms with E-state index in [1.807, 2.05) is 0 Å². The highest BCUT2D eigenvalue weighted by Gasteiger charge is 2.30. The van der Waals surface area contributed by atoms with Crippen LogP contribution in [0.2, 0.25) is 0 Å². The number of nitrogens with zero attached hydrogens (tertiary/aromatic N) is 1. The van der Waals surface area contributed by atoms with Crippen molar-refractivity contribution in [3.8, 4) is 0 Å². The Morgan fingerprint density at radius 1 is 1.40 bits per heavy atom. The highest BCUT2D eigenvalue weighted by atomic mass is 32.2. The van der Waals surface area contributed by atoms with E-state index in [2.05, 4.69) is 0 Å². The van der Waals surface area contributed by atoms with E-state index >= 15 is 0 Å². The maximum atomic E-state index is 12.1. The van der Waals surface area contributed by atoms with Crippen LogP contribution in [-0.2, 0) is 19.5 Å². The second kappa shape index (κ2) is 4.87. The van der Waals surface area contributed by atoms with E-state index in [1.165, 1.54) is 12.3 Å². The standard InChI is InChI=1S/C12H16N2O5S/c13-20(16,17)10-4-11(12(15)19-9-6-18-7-9)14(5-10)8-2-1-3-8/h4-5,8-9H,1-3,6-7H2,(H2,13,16,17). The lowest BCUT2D eigenvalue weighted by Gasteiger charge is -2.30. The summed E-state index contributed by atoms with van der Waals surface area (Å²) in [5.74, 6) is -0.528. The quantitative estimate of drug-likeness (QED) is 0.812. The van der Waals surface area contributed by atoms with Gasteiger partial charge in [0.05, 0.1) is 13.2 Å². The minimum atomic E-state index is -3.83. The van der Waals surface area contributed by atoms with Crippen LogP contribution in [0.25, 0.3) is 0 Å². The van der Waals surface area contributed by atoms with Crippen LogP contribution in [-0.4, -0.2) is 38.3 Å². The van der Waals surface area contributed by atoms with Crippen LogP contribution in [0.5, 0.6) is 0 Å². The summed E-state index contributed by atoms with van der Waals surface area (Å²) in [6, 6.07) is 1.43. The third-order valence-electron chi connectivity index (χ3n) is 3.71. The highest BCUT2D eigenvalue weighted by Crippen LogP contribution is 2.34. The van der Waals surface area contributed by atoms with Crippen LogP contribution in [0, 0.1) is 0 Å². The molecular formula is C12H16N2O5S. The molecule has 7 nitrogen and oxygen atoms in total. The normalized spacial score (nSPS) is 20.2. The van der Waals surface area contributed by atoms with Gasteiger partial charge in [-0.05, 0) is 25.3 Å². The Balaban J connectivity index is 1.90. The maximum Gasteiger partial charge on any atom is 0.355 e. The van der Waals surface area contributed by atoms with Crippen LogP contribution in [0.1, 0.15) is 35.8 Å². The minimum absolute atomic E-state index is 0.0544. The molecule has 0 atom stereocenters. The smallest absolute Gasteiger partial charge is 0.355 e. The fraction of sp³-hybridized carbons (Fsp3) is 0.583. The minimum Gasteiger partial charge on any atom is -0.453 e. The van der Waals surface area contributed by atoms with Crippen molar-refractivity contribution in [1.29, 1.82) is 0 Å². The van der Waals surface area contributed by atoms with E-state index in [0.717, 1.165) is 19.3 Å². The largest absolute Gasteiger partial charge is 0.453 e. The van der Waals surface area contributed by atoms with Gasteiger partial charge in [-0.3, -0.25) is 0 Å². The zero-order chi connectivity index (χ0) is 14.3. The molecule has 0 radical (unpaired) electrons. The van der Waals surface area contributed by atoms with E-state index in [0.29, 0.717) is 13.2 Å². The molecule has 110 valence electrons. The van der Waals surface area contributed by atoms with Crippen molar-refractivity contribution in [2.75, 3.05) is 13.2 Å². The first-order chi connectivity index (χ1) is 9.45. The van der Waals surface area contributed by atoms with Crippen molar-refractivity contribution < 1.29 is 22.7 Å². The van der Waals surface area contributed by atoms with Gasteiger partial charge in [-0.2, -0.15) is 0 Å². The van der Waals surface area contributed by atoms with Gasteiger partial charge in [-0.25, -0.2) is 18.4 Å². The number of sulfonamides is 1. The molecule has 1 saturated carbocycles. The molecule has 0 amide bonds. The van der Waals surface area contributed by atoms with E-state index in [1.54, 1.807) is 4.57 Å². The molecule has 2 aliphatic rings. The second-order valence-corrected chi connectivity index (χ2v) is 6.72. The zero-order valence-electron chi connectivity index (χ0n) is 10.8. The fourth-order valence-electron chi connectivity index (χ4n) is 2.23. The molecule has 0 unspecified atom stereocenters. The lowest BCUT2D eigenvalue weighted by atomic mass is 9.93. The third-order valence-corrected chi connectivity index (χ3v) is 4.59. The van der Waals surface area contributed by atoms with Crippen LogP contribution in [0.3, 0.4) is 0 Å². The molecule has 0 bridgehead atoms. The van der Waals surface area contributed by atoms with Crippen molar-refractivity contribution in [3.63, 3.8) is 0 Å². The van der Waals surface area contributed by atoms with Gasteiger partial charge in [0, 0.05) is 12.2 Å². The van der Waals surface area contributed by atoms with Crippen molar-refractivity contribution >= 4 is 16.0 Å². The molecule has 0 aromatic carbocycles. The average Bonchev–Trinajstić information content (AvgIpc) is 2.65. The molecule has 1 aromatic heterocycles.